The van der Waals surface area contributed by atoms with E-state index in [1.165, 1.54) is 32.1 Å². The van der Waals surface area contributed by atoms with E-state index in [0.717, 1.165) is 12.1 Å². The molecule has 116 valence electrons. The number of amides is 1. The van der Waals surface area contributed by atoms with Crippen molar-refractivity contribution in [2.24, 2.45) is 5.84 Å². The number of rotatable bonds is 5. The smallest absolute Gasteiger partial charge is 0.253 e. The summed E-state index contributed by atoms with van der Waals surface area (Å²) in [7, 11) is 0. The Morgan fingerprint density at radius 2 is 2.05 bits per heavy atom. The summed E-state index contributed by atoms with van der Waals surface area (Å²) in [4.78, 5) is 12.5. The molecule has 0 spiro atoms. The third-order valence-electron chi connectivity index (χ3n) is 4.34. The van der Waals surface area contributed by atoms with E-state index < -0.39 is 0 Å². The van der Waals surface area contributed by atoms with E-state index in [-0.39, 0.29) is 10.7 Å². The highest BCUT2D eigenvalue weighted by atomic mass is 32.2. The van der Waals surface area contributed by atoms with Crippen molar-refractivity contribution >= 4 is 23.4 Å². The summed E-state index contributed by atoms with van der Waals surface area (Å²) in [6, 6.07) is 5.66. The molecule has 1 saturated carbocycles. The maximum atomic E-state index is 12.5. The van der Waals surface area contributed by atoms with Crippen LogP contribution in [0.25, 0.3) is 0 Å². The Morgan fingerprint density at radius 1 is 1.33 bits per heavy atom. The molecule has 1 aliphatic rings. The second-order valence-electron chi connectivity index (χ2n) is 5.82. The van der Waals surface area contributed by atoms with Crippen LogP contribution in [-0.2, 0) is 0 Å². The van der Waals surface area contributed by atoms with Gasteiger partial charge < -0.3 is 10.7 Å². The van der Waals surface area contributed by atoms with E-state index in [4.69, 9.17) is 5.84 Å². The summed E-state index contributed by atoms with van der Waals surface area (Å²) in [5.41, 5.74) is 4.93. The molecule has 1 aromatic rings. The predicted molar refractivity (Wildman–Crippen MR) is 90.7 cm³/mol. The minimum absolute atomic E-state index is 0.0503. The molecule has 1 aliphatic carbocycles. The first-order valence-corrected chi connectivity index (χ1v) is 8.73. The lowest BCUT2D eigenvalue weighted by Gasteiger charge is -2.35. The molecule has 0 unspecified atom stereocenters. The van der Waals surface area contributed by atoms with Gasteiger partial charge >= 0.3 is 0 Å². The first kappa shape index (κ1) is 16.2. The average molecular weight is 307 g/mol. The third kappa shape index (κ3) is 3.92. The number of hydrogen-bond donors (Lipinski definition) is 3. The zero-order valence-electron chi connectivity index (χ0n) is 12.9. The lowest BCUT2D eigenvalue weighted by molar-refractivity contribution is 0.0947. The van der Waals surface area contributed by atoms with Crippen LogP contribution in [0.5, 0.6) is 0 Å². The van der Waals surface area contributed by atoms with Crippen molar-refractivity contribution in [1.29, 1.82) is 0 Å². The van der Waals surface area contributed by atoms with E-state index in [1.54, 1.807) is 0 Å². The summed E-state index contributed by atoms with van der Waals surface area (Å²) in [5, 5.41) is 3.11. The number of aryl methyl sites for hydroxylation is 1. The lowest BCUT2D eigenvalue weighted by atomic mass is 9.88. The van der Waals surface area contributed by atoms with Crippen molar-refractivity contribution in [1.82, 2.24) is 5.32 Å². The second-order valence-corrected chi connectivity index (χ2v) is 7.10. The van der Waals surface area contributed by atoms with Crippen LogP contribution in [0.2, 0.25) is 0 Å². The largest absolute Gasteiger partial charge is 0.351 e. The molecule has 21 heavy (non-hydrogen) atoms. The first-order valence-electron chi connectivity index (χ1n) is 7.51. The highest BCUT2D eigenvalue weighted by Crippen LogP contribution is 2.38. The highest BCUT2D eigenvalue weighted by Gasteiger charge is 2.31. The quantitative estimate of drug-likeness (QED) is 0.578. The van der Waals surface area contributed by atoms with Gasteiger partial charge in [0.1, 0.15) is 0 Å². The number of hydrazine groups is 1. The van der Waals surface area contributed by atoms with Crippen molar-refractivity contribution in [3.63, 3.8) is 0 Å². The molecule has 0 bridgehead atoms. The number of hydrogen-bond acceptors (Lipinski definition) is 4. The Hall–Kier alpha value is -1.20. The standard InChI is InChI=1S/C16H25N3OS/c1-12-6-7-14(19-17)13(10-12)15(20)18-11-16(21-2)8-4-3-5-9-16/h6-7,10,19H,3-5,8-9,11,17H2,1-2H3,(H,18,20). The number of nitrogens with two attached hydrogens (primary N) is 1. The lowest BCUT2D eigenvalue weighted by Crippen LogP contribution is -2.42. The van der Waals surface area contributed by atoms with Gasteiger partial charge in [-0.25, -0.2) is 0 Å². The summed E-state index contributed by atoms with van der Waals surface area (Å²) >= 11 is 1.89. The van der Waals surface area contributed by atoms with Gasteiger partial charge in [0.15, 0.2) is 0 Å². The molecule has 5 heteroatoms. The zero-order valence-corrected chi connectivity index (χ0v) is 13.7. The van der Waals surface area contributed by atoms with Gasteiger partial charge in [-0.05, 0) is 38.2 Å². The number of carbonyl (C=O) groups excluding carboxylic acids is 1. The van der Waals surface area contributed by atoms with E-state index in [0.29, 0.717) is 11.3 Å². The number of thioether (sulfide) groups is 1. The molecule has 1 aromatic carbocycles. The molecule has 0 aliphatic heterocycles. The van der Waals surface area contributed by atoms with Crippen molar-refractivity contribution in [2.45, 2.75) is 43.8 Å². The molecule has 0 saturated heterocycles. The molecule has 0 heterocycles. The maximum absolute atomic E-state index is 12.5. The number of anilines is 1. The summed E-state index contributed by atoms with van der Waals surface area (Å²) < 4.78 is 0.202. The Morgan fingerprint density at radius 3 is 2.67 bits per heavy atom. The summed E-state index contributed by atoms with van der Waals surface area (Å²) in [6.07, 6.45) is 8.36. The van der Waals surface area contributed by atoms with Gasteiger partial charge in [0.25, 0.3) is 5.91 Å². The fraction of sp³-hybridized carbons (Fsp3) is 0.562. The Balaban J connectivity index is 2.06. The number of nitrogen functional groups attached to an aromatic ring is 1. The second kappa shape index (κ2) is 7.18. The predicted octanol–water partition coefficient (Wildman–Crippen LogP) is 3.08. The number of carbonyl (C=O) groups is 1. The maximum Gasteiger partial charge on any atom is 0.253 e. The molecule has 0 aromatic heterocycles. The fourth-order valence-corrected chi connectivity index (χ4v) is 3.87. The number of benzene rings is 1. The zero-order chi connectivity index (χ0) is 15.3. The van der Waals surface area contributed by atoms with Crippen LogP contribution < -0.4 is 16.6 Å². The fourth-order valence-electron chi connectivity index (χ4n) is 2.96. The van der Waals surface area contributed by atoms with E-state index in [1.807, 2.05) is 36.9 Å². The van der Waals surface area contributed by atoms with Gasteiger partial charge in [0, 0.05) is 11.3 Å². The minimum Gasteiger partial charge on any atom is -0.351 e. The van der Waals surface area contributed by atoms with Crippen molar-refractivity contribution < 1.29 is 4.79 Å². The van der Waals surface area contributed by atoms with Crippen LogP contribution in [0.3, 0.4) is 0 Å². The SMILES string of the molecule is CSC1(CNC(=O)c2cc(C)ccc2NN)CCCCC1. The normalized spacial score (nSPS) is 17.3. The van der Waals surface area contributed by atoms with Crippen LogP contribution >= 0.6 is 11.8 Å². The molecular weight excluding hydrogens is 282 g/mol. The molecular formula is C16H25N3OS. The van der Waals surface area contributed by atoms with Crippen molar-refractivity contribution in [2.75, 3.05) is 18.2 Å². The van der Waals surface area contributed by atoms with Crippen LogP contribution in [0.15, 0.2) is 18.2 Å². The van der Waals surface area contributed by atoms with E-state index in [9.17, 15) is 4.79 Å². The van der Waals surface area contributed by atoms with Gasteiger partial charge in [-0.2, -0.15) is 11.8 Å². The summed E-state index contributed by atoms with van der Waals surface area (Å²) in [6.45, 7) is 2.70. The minimum atomic E-state index is -0.0503. The molecule has 0 radical (unpaired) electrons. The summed E-state index contributed by atoms with van der Waals surface area (Å²) in [5.74, 6) is 5.45. The molecule has 4 nitrogen and oxygen atoms in total. The van der Waals surface area contributed by atoms with Gasteiger partial charge in [0.05, 0.1) is 11.3 Å². The molecule has 1 amide bonds. The highest BCUT2D eigenvalue weighted by molar-refractivity contribution is 8.00. The van der Waals surface area contributed by atoms with E-state index >= 15 is 0 Å². The Bertz CT molecular complexity index is 498. The molecule has 0 atom stereocenters. The van der Waals surface area contributed by atoms with Crippen molar-refractivity contribution in [3.05, 3.63) is 29.3 Å². The number of nitrogens with one attached hydrogen (secondary N) is 2. The Labute approximate surface area is 131 Å². The van der Waals surface area contributed by atoms with Crippen LogP contribution in [0.1, 0.15) is 48.0 Å². The topological polar surface area (TPSA) is 67.2 Å². The Kier molecular flexibility index (Phi) is 5.53. The van der Waals surface area contributed by atoms with Crippen molar-refractivity contribution in [3.8, 4) is 0 Å². The van der Waals surface area contributed by atoms with Crippen LogP contribution in [-0.4, -0.2) is 23.5 Å². The van der Waals surface area contributed by atoms with Crippen LogP contribution in [0.4, 0.5) is 5.69 Å². The van der Waals surface area contributed by atoms with E-state index in [2.05, 4.69) is 17.0 Å². The van der Waals surface area contributed by atoms with Gasteiger partial charge in [-0.1, -0.05) is 30.9 Å². The third-order valence-corrected chi connectivity index (χ3v) is 5.76. The van der Waals surface area contributed by atoms with Gasteiger partial charge in [-0.15, -0.1) is 0 Å². The molecule has 2 rings (SSSR count). The van der Waals surface area contributed by atoms with Gasteiger partial charge in [0.2, 0.25) is 0 Å². The average Bonchev–Trinajstić information content (AvgIpc) is 2.53. The molecule has 4 N–H and O–H groups in total. The van der Waals surface area contributed by atoms with Crippen LogP contribution in [0, 0.1) is 6.92 Å². The first-order chi connectivity index (χ1) is 10.1. The molecule has 1 fully saturated rings. The van der Waals surface area contributed by atoms with Gasteiger partial charge in [-0.3, -0.25) is 10.6 Å². The monoisotopic (exact) mass is 307 g/mol.